The molecule has 2 rings (SSSR count). The minimum atomic E-state index is -0.994. The normalized spacial score (nSPS) is 20.5. The number of hydrogen-bond acceptors (Lipinski definition) is 5. The van der Waals surface area contributed by atoms with Gasteiger partial charge < -0.3 is 5.32 Å². The van der Waals surface area contributed by atoms with E-state index in [1.807, 2.05) is 0 Å². The number of urea groups is 1. The van der Waals surface area contributed by atoms with Gasteiger partial charge in [-0.1, -0.05) is 6.92 Å². The smallest absolute Gasteiger partial charge is 0.334 e. The predicted octanol–water partition coefficient (Wildman–Crippen LogP) is 0.140. The Labute approximate surface area is 128 Å². The van der Waals surface area contributed by atoms with E-state index in [-0.39, 0.29) is 6.54 Å². The van der Waals surface area contributed by atoms with Crippen molar-refractivity contribution in [3.05, 3.63) is 0 Å². The van der Waals surface area contributed by atoms with Crippen molar-refractivity contribution < 1.29 is 19.2 Å². The zero-order valence-electron chi connectivity index (χ0n) is 12.4. The molecule has 1 aliphatic heterocycles. The van der Waals surface area contributed by atoms with E-state index < -0.39 is 35.8 Å². The van der Waals surface area contributed by atoms with E-state index in [2.05, 4.69) is 11.4 Å². The van der Waals surface area contributed by atoms with E-state index in [1.54, 1.807) is 6.92 Å². The van der Waals surface area contributed by atoms with Gasteiger partial charge in [-0.25, -0.2) is 9.69 Å². The van der Waals surface area contributed by atoms with Gasteiger partial charge in [0.1, 0.15) is 12.1 Å². The van der Waals surface area contributed by atoms with Crippen molar-refractivity contribution in [1.29, 1.82) is 5.26 Å². The molecule has 0 aromatic carbocycles. The first kappa shape index (κ1) is 15.9. The molecule has 1 saturated carbocycles. The molecular formula is C14H18N4O4. The zero-order chi connectivity index (χ0) is 16.3. The lowest BCUT2D eigenvalue weighted by Crippen LogP contribution is -2.50. The van der Waals surface area contributed by atoms with Gasteiger partial charge in [-0.05, 0) is 32.1 Å². The van der Waals surface area contributed by atoms with Crippen molar-refractivity contribution >= 4 is 23.8 Å². The highest BCUT2D eigenvalue weighted by Crippen LogP contribution is 2.28. The lowest BCUT2D eigenvalue weighted by atomic mass is 10.00. The first-order valence-corrected chi connectivity index (χ1v) is 7.33. The SMILES string of the molecule is CCCN1C(=O)C(=O)N(CC(=O)NC2(C#N)CCCC2)C1=O. The second-order valence-electron chi connectivity index (χ2n) is 5.58. The molecule has 2 aliphatic rings. The van der Waals surface area contributed by atoms with Gasteiger partial charge in [0.15, 0.2) is 0 Å². The summed E-state index contributed by atoms with van der Waals surface area (Å²) < 4.78 is 0. The fourth-order valence-corrected chi connectivity index (χ4v) is 2.80. The highest BCUT2D eigenvalue weighted by molar-refractivity contribution is 6.45. The van der Waals surface area contributed by atoms with Crippen molar-refractivity contribution in [3.8, 4) is 6.07 Å². The predicted molar refractivity (Wildman–Crippen MR) is 74.1 cm³/mol. The van der Waals surface area contributed by atoms with Crippen LogP contribution in [0.2, 0.25) is 0 Å². The van der Waals surface area contributed by atoms with Crippen LogP contribution in [0, 0.1) is 11.3 Å². The molecule has 8 heteroatoms. The van der Waals surface area contributed by atoms with Crippen LogP contribution in [0.15, 0.2) is 0 Å². The molecule has 1 saturated heterocycles. The molecule has 0 bridgehead atoms. The molecule has 0 unspecified atom stereocenters. The Kier molecular flexibility index (Phi) is 4.45. The Bertz CT molecular complexity index is 560. The third-order valence-electron chi connectivity index (χ3n) is 3.93. The Morgan fingerprint density at radius 3 is 2.36 bits per heavy atom. The van der Waals surface area contributed by atoms with Crippen LogP contribution in [0.3, 0.4) is 0 Å². The molecule has 2 fully saturated rings. The average Bonchev–Trinajstić information content (AvgIpc) is 3.03. The van der Waals surface area contributed by atoms with Crippen LogP contribution >= 0.6 is 0 Å². The molecule has 1 aliphatic carbocycles. The molecule has 0 aromatic heterocycles. The van der Waals surface area contributed by atoms with Crippen LogP contribution in [0.4, 0.5) is 4.79 Å². The van der Waals surface area contributed by atoms with Crippen molar-refractivity contribution in [3.63, 3.8) is 0 Å². The second-order valence-corrected chi connectivity index (χ2v) is 5.58. The van der Waals surface area contributed by atoms with Crippen LogP contribution in [-0.2, 0) is 14.4 Å². The highest BCUT2D eigenvalue weighted by atomic mass is 16.2. The van der Waals surface area contributed by atoms with Gasteiger partial charge >= 0.3 is 17.8 Å². The summed E-state index contributed by atoms with van der Waals surface area (Å²) >= 11 is 0. The van der Waals surface area contributed by atoms with E-state index in [0.717, 1.165) is 17.7 Å². The van der Waals surface area contributed by atoms with Gasteiger partial charge in [0.2, 0.25) is 5.91 Å². The molecule has 5 amide bonds. The summed E-state index contributed by atoms with van der Waals surface area (Å²) in [5.74, 6) is -2.50. The number of carbonyl (C=O) groups is 4. The molecule has 8 nitrogen and oxygen atoms in total. The van der Waals surface area contributed by atoms with E-state index in [9.17, 15) is 24.4 Å². The fourth-order valence-electron chi connectivity index (χ4n) is 2.80. The number of carbonyl (C=O) groups excluding carboxylic acids is 4. The Hall–Kier alpha value is -2.43. The maximum Gasteiger partial charge on any atom is 0.334 e. The summed E-state index contributed by atoms with van der Waals surface area (Å²) in [6.07, 6.45) is 3.33. The highest BCUT2D eigenvalue weighted by Gasteiger charge is 2.45. The number of nitrogens with zero attached hydrogens (tertiary/aromatic N) is 3. The van der Waals surface area contributed by atoms with Gasteiger partial charge in [-0.3, -0.25) is 19.3 Å². The van der Waals surface area contributed by atoms with Crippen molar-refractivity contribution in [2.24, 2.45) is 0 Å². The third kappa shape index (κ3) is 2.79. The summed E-state index contributed by atoms with van der Waals surface area (Å²) in [5, 5.41) is 11.8. The van der Waals surface area contributed by atoms with Gasteiger partial charge in [-0.15, -0.1) is 0 Å². The Morgan fingerprint density at radius 2 is 1.82 bits per heavy atom. The third-order valence-corrected chi connectivity index (χ3v) is 3.93. The summed E-state index contributed by atoms with van der Waals surface area (Å²) in [7, 11) is 0. The first-order valence-electron chi connectivity index (χ1n) is 7.33. The fraction of sp³-hybridized carbons (Fsp3) is 0.643. The Balaban J connectivity index is 2.02. The molecule has 0 atom stereocenters. The topological polar surface area (TPSA) is 111 Å². The number of amides is 5. The van der Waals surface area contributed by atoms with Crippen LogP contribution in [0.5, 0.6) is 0 Å². The molecular weight excluding hydrogens is 288 g/mol. The summed E-state index contributed by atoms with van der Waals surface area (Å²) in [4.78, 5) is 49.0. The lowest BCUT2D eigenvalue weighted by Gasteiger charge is -2.23. The number of nitriles is 1. The number of rotatable bonds is 5. The largest absolute Gasteiger partial charge is 0.336 e. The molecule has 1 heterocycles. The number of nitrogens with one attached hydrogen (secondary N) is 1. The van der Waals surface area contributed by atoms with Crippen LogP contribution in [0.1, 0.15) is 39.0 Å². The Morgan fingerprint density at radius 1 is 1.23 bits per heavy atom. The molecule has 0 aromatic rings. The number of imide groups is 2. The van der Waals surface area contributed by atoms with Crippen LogP contribution < -0.4 is 5.32 Å². The minimum Gasteiger partial charge on any atom is -0.336 e. The van der Waals surface area contributed by atoms with Crippen molar-refractivity contribution in [2.75, 3.05) is 13.1 Å². The quantitative estimate of drug-likeness (QED) is 0.573. The van der Waals surface area contributed by atoms with E-state index in [0.29, 0.717) is 24.2 Å². The lowest BCUT2D eigenvalue weighted by molar-refractivity contribution is -0.144. The van der Waals surface area contributed by atoms with Crippen molar-refractivity contribution in [2.45, 2.75) is 44.6 Å². The molecule has 1 N–H and O–H groups in total. The minimum absolute atomic E-state index is 0.143. The summed E-state index contributed by atoms with van der Waals surface area (Å²) in [5.41, 5.74) is -0.921. The maximum absolute atomic E-state index is 12.0. The van der Waals surface area contributed by atoms with Gasteiger partial charge in [0, 0.05) is 6.54 Å². The first-order chi connectivity index (χ1) is 10.4. The van der Waals surface area contributed by atoms with E-state index >= 15 is 0 Å². The van der Waals surface area contributed by atoms with Crippen LogP contribution in [0.25, 0.3) is 0 Å². The summed E-state index contributed by atoms with van der Waals surface area (Å²) in [6.45, 7) is 1.38. The molecule has 118 valence electrons. The van der Waals surface area contributed by atoms with E-state index in [4.69, 9.17) is 0 Å². The second kappa shape index (κ2) is 6.13. The number of hydrogen-bond donors (Lipinski definition) is 1. The van der Waals surface area contributed by atoms with Crippen LogP contribution in [-0.4, -0.2) is 52.2 Å². The van der Waals surface area contributed by atoms with Gasteiger partial charge in [0.25, 0.3) is 0 Å². The van der Waals surface area contributed by atoms with Gasteiger partial charge in [0.05, 0.1) is 6.07 Å². The molecule has 0 radical (unpaired) electrons. The monoisotopic (exact) mass is 306 g/mol. The zero-order valence-corrected chi connectivity index (χ0v) is 12.4. The average molecular weight is 306 g/mol. The molecule has 22 heavy (non-hydrogen) atoms. The standard InChI is InChI=1S/C14H18N4O4/c1-2-7-17-11(20)12(21)18(13(17)22)8-10(19)16-14(9-15)5-3-4-6-14/h2-8H2,1H3,(H,16,19). The van der Waals surface area contributed by atoms with E-state index in [1.165, 1.54) is 0 Å². The molecule has 0 spiro atoms. The van der Waals surface area contributed by atoms with Gasteiger partial charge in [-0.2, -0.15) is 5.26 Å². The maximum atomic E-state index is 12.0. The van der Waals surface area contributed by atoms with Crippen molar-refractivity contribution in [1.82, 2.24) is 15.1 Å². The summed E-state index contributed by atoms with van der Waals surface area (Å²) in [6, 6.07) is 1.32.